The summed E-state index contributed by atoms with van der Waals surface area (Å²) in [6.45, 7) is 29.1. The van der Waals surface area contributed by atoms with Gasteiger partial charge in [-0.05, 0) is 85.1 Å². The van der Waals surface area contributed by atoms with Gasteiger partial charge in [-0.2, -0.15) is 0 Å². The van der Waals surface area contributed by atoms with Crippen molar-refractivity contribution in [3.05, 3.63) is 265 Å². The SMILES string of the molecule is NC(N)=[NH+]CC[N+](CC[NH+]=C(N)N)(CC[NH+]=C(N)N)CC1=Cc2cccc3cccc(c23)C1=O.NC(N)=[NH+]CC[NH+](CC[NH+]=C(N)N)CC1=Cc2cccc3cccc(c23)C1=O.[NH3+]CC[NH2+]CC[NH2+]CC1=Cc2cccc3cccc(c23)C1=O.[NH3+]CC[NH2+]CC[NH2+]CC[NH2+]CC1=Cc2cccc3cccc(c23)C1=O.[NH3+]CC[NH2+]CC[NH2+]CC[NH2+]CC[NH2+]CC1=Cc2cccc3cccc(c23)C1=O. The maximum absolute atomic E-state index is 13.6. The van der Waals surface area contributed by atoms with E-state index in [1.54, 1.807) is 0 Å². The molecule has 0 fully saturated rings. The first-order chi connectivity index (χ1) is 66.6. The molecule has 137 heavy (non-hydrogen) atoms. The molecule has 0 bridgehead atoms. The van der Waals surface area contributed by atoms with E-state index in [1.165, 1.54) is 41.2 Å². The number of hydrogen-bond donors (Lipinski definition) is 28. The molecule has 0 unspecified atom stereocenters. The van der Waals surface area contributed by atoms with Gasteiger partial charge >= 0.3 is 29.8 Å². The molecular weight excluding hydrogens is 1720 g/mol. The Morgan fingerprint density at radius 1 is 0.263 bits per heavy atom. The minimum Gasteiger partial charge on any atom is -0.353 e. The first kappa shape index (κ1) is 104. The van der Waals surface area contributed by atoms with E-state index in [4.69, 9.17) is 57.3 Å². The highest BCUT2D eigenvalue weighted by molar-refractivity contribution is 6.26. The lowest BCUT2D eigenvalue weighted by Crippen LogP contribution is -3.16. The van der Waals surface area contributed by atoms with Crippen LogP contribution >= 0.6 is 0 Å². The normalized spacial score (nSPS) is 13.1. The van der Waals surface area contributed by atoms with Crippen LogP contribution in [0.4, 0.5) is 0 Å². The third kappa shape index (κ3) is 30.4. The predicted molar refractivity (Wildman–Crippen MR) is 541 cm³/mol. The first-order valence-corrected chi connectivity index (χ1v) is 48.4. The van der Waals surface area contributed by atoms with Gasteiger partial charge in [0.2, 0.25) is 0 Å². The zero-order chi connectivity index (χ0) is 97.3. The van der Waals surface area contributed by atoms with Crippen molar-refractivity contribution < 1.29 is 123 Å². The molecule has 5 aliphatic rings. The summed E-state index contributed by atoms with van der Waals surface area (Å²) in [5.41, 5.74) is 81.1. The van der Waals surface area contributed by atoms with Gasteiger partial charge in [-0.15, -0.1) is 0 Å². The van der Waals surface area contributed by atoms with Gasteiger partial charge in [-0.25, -0.2) is 0 Å². The highest BCUT2D eigenvalue weighted by atomic mass is 16.1. The van der Waals surface area contributed by atoms with E-state index < -0.39 is 0 Å². The molecule has 34 heteroatoms. The van der Waals surface area contributed by atoms with Crippen molar-refractivity contribution in [1.82, 2.24) is 0 Å². The molecule has 10 aromatic carbocycles. The summed E-state index contributed by atoms with van der Waals surface area (Å²) in [7, 11) is 0. The molecule has 722 valence electrons. The number of Topliss-reactive ketones (excluding diaryl/α,β-unsaturated/α-hetero) is 5. The summed E-state index contributed by atoms with van der Waals surface area (Å²) < 4.78 is 0.510. The molecule has 0 saturated carbocycles. The average Bonchev–Trinajstić information content (AvgIpc) is 0.760. The number of rotatable bonds is 49. The molecule has 53 N–H and O–H groups in total. The Kier molecular flexibility index (Phi) is 41.1. The average molecular weight is 1880 g/mol. The number of carbonyl (C=O) groups excluding carboxylic acids is 5. The minimum atomic E-state index is 0.0281. The maximum atomic E-state index is 13.6. The zero-order valence-electron chi connectivity index (χ0n) is 79.6. The summed E-state index contributed by atoms with van der Waals surface area (Å²) in [4.78, 5) is 80.9. The lowest BCUT2D eigenvalue weighted by atomic mass is 9.87. The highest BCUT2D eigenvalue weighted by Gasteiger charge is 2.35. The Bertz CT molecular complexity index is 6050. The lowest BCUT2D eigenvalue weighted by Gasteiger charge is -2.38. The smallest absolute Gasteiger partial charge is 0.338 e. The maximum Gasteiger partial charge on any atom is 0.338 e. The Labute approximate surface area is 800 Å². The molecule has 0 spiro atoms. The van der Waals surface area contributed by atoms with Crippen LogP contribution in [0.5, 0.6) is 0 Å². The van der Waals surface area contributed by atoms with Crippen LogP contribution in [0, 0.1) is 0 Å². The molecular formula is C103H154N29O5+19. The van der Waals surface area contributed by atoms with Crippen molar-refractivity contribution in [3.63, 3.8) is 0 Å². The van der Waals surface area contributed by atoms with Crippen LogP contribution < -0.4 is 152 Å². The number of quaternary nitrogens is 14. The number of guanidine groups is 5. The second kappa shape index (κ2) is 54.2. The fourth-order valence-corrected chi connectivity index (χ4v) is 18.3. The first-order valence-electron chi connectivity index (χ1n) is 48.4. The highest BCUT2D eigenvalue weighted by Crippen LogP contribution is 2.37. The predicted octanol–water partition coefficient (Wildman–Crippen LogP) is -19.6. The van der Waals surface area contributed by atoms with Gasteiger partial charge in [0.15, 0.2) is 28.9 Å². The van der Waals surface area contributed by atoms with Gasteiger partial charge in [0.05, 0.1) is 27.9 Å². The van der Waals surface area contributed by atoms with Gasteiger partial charge in [-0.1, -0.05) is 182 Å². The van der Waals surface area contributed by atoms with Crippen LogP contribution in [0.2, 0.25) is 0 Å². The quantitative estimate of drug-likeness (QED) is 0.00729. The van der Waals surface area contributed by atoms with E-state index in [0.717, 1.165) is 252 Å². The number of nitrogens with two attached hydrogens (primary N) is 19. The molecule has 0 heterocycles. The fourth-order valence-electron chi connectivity index (χ4n) is 18.3. The molecule has 5 aliphatic carbocycles. The zero-order valence-corrected chi connectivity index (χ0v) is 79.6. The van der Waals surface area contributed by atoms with Gasteiger partial charge in [-0.3, -0.25) is 106 Å². The van der Waals surface area contributed by atoms with E-state index in [9.17, 15) is 24.0 Å². The van der Waals surface area contributed by atoms with Crippen LogP contribution in [0.1, 0.15) is 79.6 Å². The lowest BCUT2D eigenvalue weighted by molar-refractivity contribution is -0.939. The van der Waals surface area contributed by atoms with Gasteiger partial charge in [0.1, 0.15) is 216 Å². The van der Waals surface area contributed by atoms with Crippen molar-refractivity contribution in [2.75, 3.05) is 216 Å². The molecule has 15 rings (SSSR count). The van der Waals surface area contributed by atoms with E-state index in [2.05, 4.69) is 187 Å². The Morgan fingerprint density at radius 2 is 0.474 bits per heavy atom. The molecule has 0 aromatic heterocycles. The van der Waals surface area contributed by atoms with E-state index in [0.29, 0.717) is 69.9 Å². The van der Waals surface area contributed by atoms with Crippen LogP contribution in [0.15, 0.2) is 210 Å². The Hall–Kier alpha value is -13.7. The number of carbonyl (C=O) groups is 5. The van der Waals surface area contributed by atoms with Crippen molar-refractivity contribution in [2.45, 2.75) is 0 Å². The molecule has 10 aromatic rings. The Morgan fingerprint density at radius 3 is 0.730 bits per heavy atom. The number of nitrogens with zero attached hydrogens (tertiary/aromatic N) is 1. The molecule has 0 aliphatic heterocycles. The van der Waals surface area contributed by atoms with E-state index in [-0.39, 0.29) is 58.7 Å². The summed E-state index contributed by atoms with van der Waals surface area (Å²) >= 11 is 0. The molecule has 34 nitrogen and oxygen atoms in total. The van der Waals surface area contributed by atoms with Crippen LogP contribution in [0.25, 0.3) is 84.2 Å². The monoisotopic (exact) mass is 1880 g/mol. The number of nitrogens with one attached hydrogen (secondary N) is 6. The fraction of sp³-hybridized carbons (Fsp3) is 0.320. The summed E-state index contributed by atoms with van der Waals surface area (Å²) in [5, 5.41) is 31.7. The second-order valence-electron chi connectivity index (χ2n) is 35.4. The summed E-state index contributed by atoms with van der Waals surface area (Å²) in [6, 6.07) is 60.6. The third-order valence-corrected chi connectivity index (χ3v) is 25.1. The van der Waals surface area contributed by atoms with Crippen molar-refractivity contribution in [2.24, 2.45) is 57.3 Å². The van der Waals surface area contributed by atoms with Crippen molar-refractivity contribution in [3.8, 4) is 0 Å². The van der Waals surface area contributed by atoms with Crippen molar-refractivity contribution >= 4 is 143 Å². The van der Waals surface area contributed by atoms with E-state index in [1.807, 2.05) is 115 Å². The summed E-state index contributed by atoms with van der Waals surface area (Å²) in [6.07, 6.45) is 10.2. The summed E-state index contributed by atoms with van der Waals surface area (Å²) in [5.74, 6) is 1.46. The Balaban J connectivity index is 0.000000165. The van der Waals surface area contributed by atoms with Crippen LogP contribution in [-0.4, -0.2) is 279 Å². The van der Waals surface area contributed by atoms with E-state index >= 15 is 0 Å². The van der Waals surface area contributed by atoms with Crippen LogP contribution in [0.3, 0.4) is 0 Å². The number of hydrogen-bond acceptors (Lipinski definition) is 5. The van der Waals surface area contributed by atoms with Gasteiger partial charge in [0, 0.05) is 54.7 Å². The van der Waals surface area contributed by atoms with Crippen molar-refractivity contribution in [1.29, 1.82) is 0 Å². The minimum absolute atomic E-state index is 0.0281. The molecule has 0 atom stereocenters. The second-order valence-corrected chi connectivity index (χ2v) is 35.4. The third-order valence-electron chi connectivity index (χ3n) is 25.1. The standard InChI is InChI=1S/C23H33N10O.C22H31N5O.C20H25N7O.C20H26N4O.C18H21N3O/c24-21(25)30-7-10-33(11-8-31-22(26)27,12-9-32-23(28)29)14-17-13-16-5-1-3-15-4-2-6-18(19(15)16)20(17)34;23-7-8-24-9-10-25-11-12-26-13-14-27-16-19-15-18-5-1-3-17-4-2-6-20(21(17)18)22(19)28;21-19(22)25-7-9-27(10-8-26-20(23)24)12-15-11-14-5-1-3-13-4-2-6-16(17(13)14)18(15)28;21-7-8-22-9-10-23-11-12-24-14-17-13-16-5-1-3-15-4-2-6-18(19(15)16)20(17)25;19-7-8-20-9-10-21-12-15-11-14-5-1-3-13-4-2-6-16(17(13)14)18(15)22/h1-6,13H,7-12,14H2,(H4,24,25,30)(H4,26,27,31)(H4,28,29,32);1-6,15,24-27H,7-14,16,23H2;1-6,11H,7-10,12H2,(H4,21,22,25)(H4,23,24,26);1-6,13,22-24H,7-12,14,21H2;1-6,11,20-21H,7-10,12,19H2/q+1;;;;/p+18. The number of benzene rings is 10. The largest absolute Gasteiger partial charge is 0.353 e. The van der Waals surface area contributed by atoms with Gasteiger partial charge in [0.25, 0.3) is 0 Å². The molecule has 0 saturated heterocycles. The molecule has 0 radical (unpaired) electrons. The molecule has 0 amide bonds. The number of ketones is 5. The van der Waals surface area contributed by atoms with Crippen LogP contribution in [-0.2, 0) is 0 Å². The van der Waals surface area contributed by atoms with Gasteiger partial charge < -0.3 is 74.4 Å². The topological polar surface area (TPSA) is 652 Å².